The summed E-state index contributed by atoms with van der Waals surface area (Å²) in [4.78, 5) is 78.5. The number of ether oxygens (including phenoxy) is 3. The molecule has 1 saturated carbocycles. The van der Waals surface area contributed by atoms with E-state index in [1.807, 2.05) is 24.4 Å². The average molecular weight is 870 g/mol. The molecule has 10 rings (SSSR count). The van der Waals surface area contributed by atoms with E-state index in [0.717, 1.165) is 117 Å². The van der Waals surface area contributed by atoms with Gasteiger partial charge in [-0.25, -0.2) is 4.98 Å². The molecule has 1 atom stereocenters. The van der Waals surface area contributed by atoms with Gasteiger partial charge in [0.15, 0.2) is 0 Å². The molecule has 15 nitrogen and oxygen atoms in total. The number of likely N-dealkylation sites (tertiary alicyclic amines) is 2. The minimum atomic E-state index is -0.853. The molecule has 1 unspecified atom stereocenters. The fraction of sp³-hybridized carbons (Fsp3) is 0.469. The number of anilines is 1. The van der Waals surface area contributed by atoms with Gasteiger partial charge in [-0.15, -0.1) is 0 Å². The molecule has 4 amide bonds. The zero-order chi connectivity index (χ0) is 44.4. The third-order valence-electron chi connectivity index (χ3n) is 14.8. The van der Waals surface area contributed by atoms with Crippen molar-refractivity contribution in [2.45, 2.75) is 76.5 Å². The van der Waals surface area contributed by atoms with Gasteiger partial charge in [-0.1, -0.05) is 6.58 Å². The molecule has 4 saturated heterocycles. The number of methoxy groups -OCH3 is 2. The highest BCUT2D eigenvalue weighted by Crippen LogP contribution is 2.51. The number of hydrogen-bond donors (Lipinski definition) is 1. The van der Waals surface area contributed by atoms with E-state index < -0.39 is 17.9 Å². The van der Waals surface area contributed by atoms with Crippen LogP contribution in [0.25, 0.3) is 21.9 Å². The van der Waals surface area contributed by atoms with Crippen LogP contribution in [-0.4, -0.2) is 114 Å². The number of aromatic nitrogens is 2. The number of piperidine rings is 3. The molecule has 7 heterocycles. The minimum Gasteiger partial charge on any atom is -0.496 e. The van der Waals surface area contributed by atoms with Crippen LogP contribution < -0.4 is 30.0 Å². The van der Waals surface area contributed by atoms with E-state index >= 15 is 0 Å². The van der Waals surface area contributed by atoms with Crippen molar-refractivity contribution in [3.8, 4) is 28.4 Å². The first-order chi connectivity index (χ1) is 30.9. The molecule has 2 aromatic heterocycles. The Balaban J connectivity index is 0.726. The number of nitrogens with one attached hydrogen (secondary N) is 1. The van der Waals surface area contributed by atoms with Gasteiger partial charge in [0.05, 0.1) is 42.4 Å². The molecule has 0 bridgehead atoms. The fourth-order valence-electron chi connectivity index (χ4n) is 10.8. The lowest BCUT2D eigenvalue weighted by Crippen LogP contribution is -2.53. The first-order valence-corrected chi connectivity index (χ1v) is 22.6. The zero-order valence-electron chi connectivity index (χ0n) is 36.8. The highest BCUT2D eigenvalue weighted by atomic mass is 16.5. The van der Waals surface area contributed by atoms with E-state index in [2.05, 4.69) is 31.6 Å². The molecule has 2 aromatic carbocycles. The maximum absolute atomic E-state index is 13.9. The Morgan fingerprint density at radius 1 is 0.859 bits per heavy atom. The Bertz CT molecular complexity index is 2620. The third-order valence-corrected chi connectivity index (χ3v) is 14.8. The van der Waals surface area contributed by atoms with Crippen molar-refractivity contribution in [1.29, 1.82) is 0 Å². The third kappa shape index (κ3) is 7.36. The van der Waals surface area contributed by atoms with Crippen molar-refractivity contribution < 1.29 is 33.4 Å². The van der Waals surface area contributed by atoms with Crippen LogP contribution in [0.2, 0.25) is 0 Å². The molecule has 15 heteroatoms. The van der Waals surface area contributed by atoms with E-state index in [-0.39, 0.29) is 45.9 Å². The molecule has 64 heavy (non-hydrogen) atoms. The molecule has 1 N–H and O–H groups in total. The Labute approximate surface area is 371 Å². The van der Waals surface area contributed by atoms with Crippen LogP contribution in [0.4, 0.5) is 5.82 Å². The maximum Gasteiger partial charge on any atom is 0.262 e. The minimum absolute atomic E-state index is 0.00861. The van der Waals surface area contributed by atoms with Crippen LogP contribution >= 0.6 is 0 Å². The van der Waals surface area contributed by atoms with Gasteiger partial charge in [-0.05, 0) is 118 Å². The first kappa shape index (κ1) is 41.8. The number of benzene rings is 2. The topological polar surface area (TPSA) is 156 Å². The number of imide groups is 1. The number of rotatable bonds is 10. The number of carbonyl (C=O) groups excluding carboxylic acids is 4. The monoisotopic (exact) mass is 869 g/mol. The lowest BCUT2D eigenvalue weighted by molar-refractivity contribution is -0.142. The van der Waals surface area contributed by atoms with Gasteiger partial charge in [0.1, 0.15) is 29.1 Å². The Hall–Kier alpha value is -6.22. The van der Waals surface area contributed by atoms with Gasteiger partial charge in [-0.2, -0.15) is 0 Å². The van der Waals surface area contributed by atoms with Crippen molar-refractivity contribution >= 4 is 40.2 Å². The molecule has 0 radical (unpaired) electrons. The van der Waals surface area contributed by atoms with Gasteiger partial charge in [-0.3, -0.25) is 33.8 Å². The summed E-state index contributed by atoms with van der Waals surface area (Å²) >= 11 is 0. The number of aryl methyl sites for hydroxylation is 1. The number of nitrogens with zero attached hydrogens (tertiary/aromatic N) is 6. The van der Waals surface area contributed by atoms with Crippen LogP contribution in [0.5, 0.6) is 17.2 Å². The van der Waals surface area contributed by atoms with Crippen molar-refractivity contribution in [2.75, 3.05) is 58.4 Å². The molecule has 6 aliphatic rings. The predicted molar refractivity (Wildman–Crippen MR) is 239 cm³/mol. The number of hydrogen-bond acceptors (Lipinski definition) is 11. The molecule has 5 aliphatic heterocycles. The largest absolute Gasteiger partial charge is 0.496 e. The van der Waals surface area contributed by atoms with Gasteiger partial charge in [0.2, 0.25) is 11.8 Å². The fourth-order valence-corrected chi connectivity index (χ4v) is 10.8. The standard InChI is InChI=1S/C49H55N7O8/c1-29-6-9-40(44(57)51-29)56-47(60)34-8-7-32(22-36(34)48(56)61)64-33-24-49(25-33)12-18-55(19-13-49)45(58)30-10-16-53(17-11-30)28-39-41(62-3)20-31(21-42(39)63-4)38-27-52(2)46(59)37-26-50-43(23-35(37)38)54-14-5-15-54/h7-8,20-23,26-27,30,33,40H,1,5-6,9-19,24-25,28H2,2-4H3,(H,51,57). The molecule has 1 spiro atoms. The van der Waals surface area contributed by atoms with Crippen molar-refractivity contribution in [2.24, 2.45) is 18.4 Å². The summed E-state index contributed by atoms with van der Waals surface area (Å²) in [6, 6.07) is 10.2. The predicted octanol–water partition coefficient (Wildman–Crippen LogP) is 5.28. The summed E-state index contributed by atoms with van der Waals surface area (Å²) in [6.07, 6.45) is 10.7. The van der Waals surface area contributed by atoms with Crippen molar-refractivity contribution in [1.82, 2.24) is 29.6 Å². The highest BCUT2D eigenvalue weighted by Gasteiger charge is 2.49. The molecular weight excluding hydrogens is 815 g/mol. The molecular formula is C49H55N7O8. The smallest absolute Gasteiger partial charge is 0.262 e. The first-order valence-electron chi connectivity index (χ1n) is 22.6. The highest BCUT2D eigenvalue weighted by molar-refractivity contribution is 6.23. The lowest BCUT2D eigenvalue weighted by Gasteiger charge is -2.52. The SMILES string of the molecule is C=C1CCC(N2C(=O)c3ccc(OC4CC5(CCN(C(=O)C6CCN(Cc7c(OC)cc(-c8cn(C)c(=O)c9cnc(N%10CCC%10)cc89)cc7OC)CC6)CC5)C4)cc3C2=O)C(=O)N1. The Morgan fingerprint density at radius 3 is 2.22 bits per heavy atom. The van der Waals surface area contributed by atoms with Crippen LogP contribution in [-0.2, 0) is 23.2 Å². The number of amides is 4. The van der Waals surface area contributed by atoms with E-state index in [4.69, 9.17) is 14.2 Å². The summed E-state index contributed by atoms with van der Waals surface area (Å²) in [5, 5.41) is 4.08. The lowest BCUT2D eigenvalue weighted by atomic mass is 9.61. The van der Waals surface area contributed by atoms with Gasteiger partial charge in [0, 0.05) is 74.7 Å². The summed E-state index contributed by atoms with van der Waals surface area (Å²) in [6.45, 7) is 9.36. The number of carbonyl (C=O) groups is 4. The summed E-state index contributed by atoms with van der Waals surface area (Å²) in [5.74, 6) is 1.75. The Morgan fingerprint density at radius 2 is 1.56 bits per heavy atom. The average Bonchev–Trinajstić information content (AvgIpc) is 3.51. The summed E-state index contributed by atoms with van der Waals surface area (Å²) in [5.41, 5.74) is 3.92. The van der Waals surface area contributed by atoms with Gasteiger partial charge >= 0.3 is 0 Å². The number of fused-ring (bicyclic) bond motifs is 2. The van der Waals surface area contributed by atoms with Crippen molar-refractivity contribution in [3.63, 3.8) is 0 Å². The Kier molecular flexibility index (Phi) is 10.7. The van der Waals surface area contributed by atoms with Gasteiger partial charge in [0.25, 0.3) is 17.4 Å². The van der Waals surface area contributed by atoms with E-state index in [1.54, 1.807) is 50.2 Å². The van der Waals surface area contributed by atoms with E-state index in [1.165, 1.54) is 0 Å². The molecule has 1 aliphatic carbocycles. The van der Waals surface area contributed by atoms with Crippen LogP contribution in [0.3, 0.4) is 0 Å². The summed E-state index contributed by atoms with van der Waals surface area (Å²) in [7, 11) is 5.10. The second kappa shape index (κ2) is 16.4. The zero-order valence-corrected chi connectivity index (χ0v) is 36.8. The maximum atomic E-state index is 13.9. The second-order valence-corrected chi connectivity index (χ2v) is 18.6. The van der Waals surface area contributed by atoms with Gasteiger partial charge < -0.3 is 33.9 Å². The molecule has 334 valence electrons. The van der Waals surface area contributed by atoms with Crippen LogP contribution in [0.1, 0.15) is 84.1 Å². The second-order valence-electron chi connectivity index (χ2n) is 18.6. The number of pyridine rings is 2. The normalized spacial score (nSPS) is 21.5. The molecule has 4 aromatic rings. The van der Waals surface area contributed by atoms with Crippen molar-refractivity contribution in [3.05, 3.63) is 88.1 Å². The quantitative estimate of drug-likeness (QED) is 0.207. The molecule has 5 fully saturated rings. The van der Waals surface area contributed by atoms with Crippen LogP contribution in [0, 0.1) is 11.3 Å². The van der Waals surface area contributed by atoms with E-state index in [9.17, 15) is 24.0 Å². The number of allylic oxidation sites excluding steroid dienone is 1. The van der Waals surface area contributed by atoms with Crippen LogP contribution in [0.15, 0.2) is 65.9 Å². The summed E-state index contributed by atoms with van der Waals surface area (Å²) < 4.78 is 19.9. The van der Waals surface area contributed by atoms with E-state index in [0.29, 0.717) is 47.7 Å².